The molecule has 0 aliphatic heterocycles. The number of hydrogen-bond acceptors (Lipinski definition) is 3. The summed E-state index contributed by atoms with van der Waals surface area (Å²) in [5.41, 5.74) is 1.26. The quantitative estimate of drug-likeness (QED) is 0.738. The minimum absolute atomic E-state index is 0.142. The van der Waals surface area contributed by atoms with E-state index in [1.807, 2.05) is 32.0 Å². The summed E-state index contributed by atoms with van der Waals surface area (Å²) in [6.45, 7) is 5.02. The maximum Gasteiger partial charge on any atom is 0.244 e. The molecule has 0 saturated carbocycles. The first-order chi connectivity index (χ1) is 12.1. The highest BCUT2D eigenvalue weighted by atomic mass is 19.1. The third-order valence-electron chi connectivity index (χ3n) is 3.41. The SMILES string of the molecule is CCOc1ccc(/C=C/C(=O)NCc2ccccc2F)cc1OCC. The third-order valence-corrected chi connectivity index (χ3v) is 3.41. The molecule has 0 aliphatic carbocycles. The van der Waals surface area contributed by atoms with E-state index in [0.29, 0.717) is 30.3 Å². The van der Waals surface area contributed by atoms with Gasteiger partial charge in [0.2, 0.25) is 5.91 Å². The third kappa shape index (κ3) is 5.64. The maximum atomic E-state index is 13.5. The molecule has 132 valence electrons. The van der Waals surface area contributed by atoms with E-state index in [4.69, 9.17) is 9.47 Å². The van der Waals surface area contributed by atoms with Crippen LogP contribution in [0.15, 0.2) is 48.5 Å². The fraction of sp³-hybridized carbons (Fsp3) is 0.250. The molecule has 0 unspecified atom stereocenters. The molecule has 0 heterocycles. The number of amides is 1. The monoisotopic (exact) mass is 343 g/mol. The van der Waals surface area contributed by atoms with Crippen molar-refractivity contribution >= 4 is 12.0 Å². The van der Waals surface area contributed by atoms with Gasteiger partial charge in [-0.3, -0.25) is 4.79 Å². The zero-order valence-corrected chi connectivity index (χ0v) is 14.4. The molecule has 5 heteroatoms. The summed E-state index contributed by atoms with van der Waals surface area (Å²) in [6, 6.07) is 11.8. The number of nitrogens with one attached hydrogen (secondary N) is 1. The number of rotatable bonds is 8. The zero-order valence-electron chi connectivity index (χ0n) is 14.4. The molecule has 25 heavy (non-hydrogen) atoms. The van der Waals surface area contributed by atoms with Gasteiger partial charge in [-0.15, -0.1) is 0 Å². The normalized spacial score (nSPS) is 10.7. The Morgan fingerprint density at radius 1 is 1.08 bits per heavy atom. The van der Waals surface area contributed by atoms with Gasteiger partial charge in [-0.05, 0) is 43.7 Å². The topological polar surface area (TPSA) is 47.6 Å². The first-order valence-corrected chi connectivity index (χ1v) is 8.23. The Hall–Kier alpha value is -2.82. The van der Waals surface area contributed by atoms with Crippen LogP contribution in [0, 0.1) is 5.82 Å². The summed E-state index contributed by atoms with van der Waals surface area (Å²) < 4.78 is 24.6. The van der Waals surface area contributed by atoms with E-state index in [2.05, 4.69) is 5.32 Å². The molecule has 4 nitrogen and oxygen atoms in total. The number of carbonyl (C=O) groups is 1. The van der Waals surface area contributed by atoms with Crippen molar-refractivity contribution in [3.05, 3.63) is 65.5 Å². The smallest absolute Gasteiger partial charge is 0.244 e. The van der Waals surface area contributed by atoms with E-state index < -0.39 is 0 Å². The van der Waals surface area contributed by atoms with E-state index in [1.54, 1.807) is 24.3 Å². The molecule has 0 atom stereocenters. The van der Waals surface area contributed by atoms with Crippen molar-refractivity contribution in [2.24, 2.45) is 0 Å². The van der Waals surface area contributed by atoms with Crippen LogP contribution in [0.1, 0.15) is 25.0 Å². The Morgan fingerprint density at radius 2 is 1.80 bits per heavy atom. The van der Waals surface area contributed by atoms with Gasteiger partial charge in [-0.1, -0.05) is 24.3 Å². The van der Waals surface area contributed by atoms with Crippen LogP contribution in [0.3, 0.4) is 0 Å². The molecular weight excluding hydrogens is 321 g/mol. The second-order valence-corrected chi connectivity index (χ2v) is 5.21. The molecule has 1 amide bonds. The molecule has 2 aromatic carbocycles. The van der Waals surface area contributed by atoms with Crippen molar-refractivity contribution in [3.63, 3.8) is 0 Å². The van der Waals surface area contributed by atoms with Gasteiger partial charge in [-0.2, -0.15) is 0 Å². The fourth-order valence-electron chi connectivity index (χ4n) is 2.23. The highest BCUT2D eigenvalue weighted by molar-refractivity contribution is 5.91. The van der Waals surface area contributed by atoms with Crippen molar-refractivity contribution in [1.82, 2.24) is 5.32 Å². The van der Waals surface area contributed by atoms with Crippen LogP contribution in [0.25, 0.3) is 6.08 Å². The first-order valence-electron chi connectivity index (χ1n) is 8.23. The molecule has 0 saturated heterocycles. The molecule has 0 aliphatic rings. The van der Waals surface area contributed by atoms with Gasteiger partial charge >= 0.3 is 0 Å². The minimum atomic E-state index is -0.334. The average Bonchev–Trinajstić information content (AvgIpc) is 2.61. The maximum absolute atomic E-state index is 13.5. The molecule has 0 spiro atoms. The Kier molecular flexibility index (Phi) is 7.01. The van der Waals surface area contributed by atoms with Crippen molar-refractivity contribution in [2.45, 2.75) is 20.4 Å². The highest BCUT2D eigenvalue weighted by Gasteiger charge is 2.05. The van der Waals surface area contributed by atoms with Crippen LogP contribution in [0.4, 0.5) is 4.39 Å². The van der Waals surface area contributed by atoms with E-state index >= 15 is 0 Å². The summed E-state index contributed by atoms with van der Waals surface area (Å²) in [5, 5.41) is 2.66. The number of halogens is 1. The van der Waals surface area contributed by atoms with Gasteiger partial charge in [0.05, 0.1) is 13.2 Å². The fourth-order valence-corrected chi connectivity index (χ4v) is 2.23. The Bertz CT molecular complexity index is 743. The largest absolute Gasteiger partial charge is 0.490 e. The van der Waals surface area contributed by atoms with E-state index in [-0.39, 0.29) is 18.3 Å². The van der Waals surface area contributed by atoms with Gasteiger partial charge in [0.25, 0.3) is 0 Å². The minimum Gasteiger partial charge on any atom is -0.490 e. The van der Waals surface area contributed by atoms with Crippen LogP contribution < -0.4 is 14.8 Å². The van der Waals surface area contributed by atoms with E-state index in [0.717, 1.165) is 5.56 Å². The number of benzene rings is 2. The molecule has 2 aromatic rings. The molecule has 0 bridgehead atoms. The lowest BCUT2D eigenvalue weighted by Crippen LogP contribution is -2.20. The van der Waals surface area contributed by atoms with Crippen LogP contribution >= 0.6 is 0 Å². The predicted octanol–water partition coefficient (Wildman–Crippen LogP) is 3.95. The predicted molar refractivity (Wildman–Crippen MR) is 96.1 cm³/mol. The molecule has 2 rings (SSSR count). The summed E-state index contributed by atoms with van der Waals surface area (Å²) in [5.74, 6) is 0.679. The summed E-state index contributed by atoms with van der Waals surface area (Å²) >= 11 is 0. The van der Waals surface area contributed by atoms with Gasteiger partial charge in [0.15, 0.2) is 11.5 Å². The Labute approximate surface area is 147 Å². The molecule has 0 radical (unpaired) electrons. The van der Waals surface area contributed by atoms with Gasteiger partial charge < -0.3 is 14.8 Å². The Balaban J connectivity index is 1.99. The number of carbonyl (C=O) groups excluding carboxylic acids is 1. The summed E-state index contributed by atoms with van der Waals surface area (Å²) in [7, 11) is 0. The lowest BCUT2D eigenvalue weighted by Gasteiger charge is -2.11. The lowest BCUT2D eigenvalue weighted by atomic mass is 10.2. The van der Waals surface area contributed by atoms with Gasteiger partial charge in [-0.25, -0.2) is 4.39 Å². The molecular formula is C20H22FNO3. The highest BCUT2D eigenvalue weighted by Crippen LogP contribution is 2.28. The Morgan fingerprint density at radius 3 is 2.52 bits per heavy atom. The molecule has 0 aromatic heterocycles. The number of ether oxygens (including phenoxy) is 2. The second-order valence-electron chi connectivity index (χ2n) is 5.21. The average molecular weight is 343 g/mol. The van der Waals surface area contributed by atoms with Crippen molar-refractivity contribution < 1.29 is 18.7 Å². The summed E-state index contributed by atoms with van der Waals surface area (Å²) in [4.78, 5) is 11.9. The molecule has 1 N–H and O–H groups in total. The first kappa shape index (κ1) is 18.5. The van der Waals surface area contributed by atoms with Gasteiger partial charge in [0.1, 0.15) is 5.82 Å². The van der Waals surface area contributed by atoms with Crippen LogP contribution in [-0.4, -0.2) is 19.1 Å². The molecule has 0 fully saturated rings. The zero-order chi connectivity index (χ0) is 18.1. The van der Waals surface area contributed by atoms with Crippen molar-refractivity contribution in [1.29, 1.82) is 0 Å². The second kappa shape index (κ2) is 9.47. The van der Waals surface area contributed by atoms with Crippen molar-refractivity contribution in [3.8, 4) is 11.5 Å². The van der Waals surface area contributed by atoms with Gasteiger partial charge in [0, 0.05) is 18.2 Å². The van der Waals surface area contributed by atoms with Crippen LogP contribution in [-0.2, 0) is 11.3 Å². The van der Waals surface area contributed by atoms with Crippen LogP contribution in [0.5, 0.6) is 11.5 Å². The van der Waals surface area contributed by atoms with Crippen molar-refractivity contribution in [2.75, 3.05) is 13.2 Å². The summed E-state index contributed by atoms with van der Waals surface area (Å²) in [6.07, 6.45) is 3.08. The van der Waals surface area contributed by atoms with E-state index in [1.165, 1.54) is 12.1 Å². The standard InChI is InChI=1S/C20H22FNO3/c1-3-24-18-11-9-15(13-19(18)25-4-2)10-12-20(23)22-14-16-7-5-6-8-17(16)21/h5-13H,3-4,14H2,1-2H3,(H,22,23)/b12-10+. The lowest BCUT2D eigenvalue weighted by molar-refractivity contribution is -0.116. The number of hydrogen-bond donors (Lipinski definition) is 1. The van der Waals surface area contributed by atoms with Crippen LogP contribution in [0.2, 0.25) is 0 Å². The van der Waals surface area contributed by atoms with E-state index in [9.17, 15) is 9.18 Å².